The summed E-state index contributed by atoms with van der Waals surface area (Å²) >= 11 is 0. The molecule has 1 atom stereocenters. The summed E-state index contributed by atoms with van der Waals surface area (Å²) in [6, 6.07) is 10.1. The van der Waals surface area contributed by atoms with Crippen molar-refractivity contribution in [2.45, 2.75) is 19.4 Å². The summed E-state index contributed by atoms with van der Waals surface area (Å²) in [7, 11) is 0. The minimum Gasteiger partial charge on any atom is -0.371 e. The van der Waals surface area contributed by atoms with Gasteiger partial charge in [-0.25, -0.2) is 0 Å². The van der Waals surface area contributed by atoms with Crippen molar-refractivity contribution in [1.82, 2.24) is 0 Å². The summed E-state index contributed by atoms with van der Waals surface area (Å²) in [4.78, 5) is 10.2. The third-order valence-corrected chi connectivity index (χ3v) is 1.81. The average Bonchev–Trinajstić information content (AvgIpc) is 2.19. The van der Waals surface area contributed by atoms with Crippen LogP contribution in [-0.2, 0) is 16.0 Å². The molecular weight excluding hydrogens is 164 g/mol. The van der Waals surface area contributed by atoms with Gasteiger partial charge < -0.3 is 9.53 Å². The average molecular weight is 178 g/mol. The van der Waals surface area contributed by atoms with E-state index in [2.05, 4.69) is 12.1 Å². The fourth-order valence-corrected chi connectivity index (χ4v) is 1.05. The second-order valence-electron chi connectivity index (χ2n) is 2.95. The van der Waals surface area contributed by atoms with E-state index in [-0.39, 0.29) is 6.10 Å². The first-order chi connectivity index (χ1) is 6.33. The smallest absolute Gasteiger partial charge is 0.148 e. The molecule has 0 fully saturated rings. The monoisotopic (exact) mass is 178 g/mol. The van der Waals surface area contributed by atoms with E-state index in [1.807, 2.05) is 18.2 Å². The zero-order valence-corrected chi connectivity index (χ0v) is 7.77. The van der Waals surface area contributed by atoms with Gasteiger partial charge in [-0.1, -0.05) is 30.3 Å². The topological polar surface area (TPSA) is 26.3 Å². The lowest BCUT2D eigenvalue weighted by Crippen LogP contribution is -2.11. The van der Waals surface area contributed by atoms with Gasteiger partial charge in [0.1, 0.15) is 12.4 Å². The van der Waals surface area contributed by atoms with E-state index in [4.69, 9.17) is 4.74 Å². The van der Waals surface area contributed by atoms with E-state index >= 15 is 0 Å². The molecule has 0 saturated heterocycles. The molecule has 2 nitrogen and oxygen atoms in total. The molecule has 0 aliphatic carbocycles. The number of carbonyl (C=O) groups is 1. The summed E-state index contributed by atoms with van der Waals surface area (Å²) in [5.74, 6) is 0. The maximum atomic E-state index is 10.2. The third-order valence-electron chi connectivity index (χ3n) is 1.81. The van der Waals surface area contributed by atoms with Gasteiger partial charge in [-0.15, -0.1) is 0 Å². The SMILES string of the molecule is CC(C=O)OCCc1ccccc1. The molecule has 0 radical (unpaired) electrons. The van der Waals surface area contributed by atoms with E-state index < -0.39 is 0 Å². The highest BCUT2D eigenvalue weighted by atomic mass is 16.5. The second-order valence-corrected chi connectivity index (χ2v) is 2.95. The molecule has 0 saturated carbocycles. The van der Waals surface area contributed by atoms with E-state index in [1.54, 1.807) is 6.92 Å². The van der Waals surface area contributed by atoms with Crippen LogP contribution in [0.15, 0.2) is 30.3 Å². The van der Waals surface area contributed by atoms with Crippen LogP contribution in [0, 0.1) is 0 Å². The van der Waals surface area contributed by atoms with Crippen molar-refractivity contribution in [3.63, 3.8) is 0 Å². The van der Waals surface area contributed by atoms with E-state index in [1.165, 1.54) is 5.56 Å². The number of rotatable bonds is 5. The van der Waals surface area contributed by atoms with Crippen molar-refractivity contribution in [1.29, 1.82) is 0 Å². The lowest BCUT2D eigenvalue weighted by Gasteiger charge is -2.05. The minimum atomic E-state index is -0.288. The quantitative estimate of drug-likeness (QED) is 0.643. The van der Waals surface area contributed by atoms with E-state index in [9.17, 15) is 4.79 Å². The number of benzene rings is 1. The number of hydrogen-bond donors (Lipinski definition) is 0. The largest absolute Gasteiger partial charge is 0.371 e. The Morgan fingerprint density at radius 1 is 1.38 bits per heavy atom. The van der Waals surface area contributed by atoms with Gasteiger partial charge in [0, 0.05) is 0 Å². The standard InChI is InChI=1S/C11H14O2/c1-10(9-12)13-8-7-11-5-3-2-4-6-11/h2-6,9-10H,7-8H2,1H3. The lowest BCUT2D eigenvalue weighted by atomic mass is 10.2. The highest BCUT2D eigenvalue weighted by molar-refractivity contribution is 5.55. The number of hydrogen-bond acceptors (Lipinski definition) is 2. The van der Waals surface area contributed by atoms with Crippen LogP contribution in [-0.4, -0.2) is 19.0 Å². The molecule has 1 aromatic rings. The molecule has 0 bridgehead atoms. The minimum absolute atomic E-state index is 0.288. The van der Waals surface area contributed by atoms with Crippen LogP contribution in [0.25, 0.3) is 0 Å². The van der Waals surface area contributed by atoms with Crippen LogP contribution in [0.2, 0.25) is 0 Å². The molecule has 1 aromatic carbocycles. The van der Waals surface area contributed by atoms with Crippen molar-refractivity contribution in [3.8, 4) is 0 Å². The molecule has 0 spiro atoms. The fourth-order valence-electron chi connectivity index (χ4n) is 1.05. The molecule has 13 heavy (non-hydrogen) atoms. The Labute approximate surface area is 78.5 Å². The molecule has 0 aliphatic rings. The van der Waals surface area contributed by atoms with Crippen LogP contribution >= 0.6 is 0 Å². The molecule has 1 rings (SSSR count). The molecule has 0 amide bonds. The molecule has 70 valence electrons. The molecule has 1 unspecified atom stereocenters. The van der Waals surface area contributed by atoms with Crippen molar-refractivity contribution in [3.05, 3.63) is 35.9 Å². The van der Waals surface area contributed by atoms with Crippen LogP contribution in [0.3, 0.4) is 0 Å². The van der Waals surface area contributed by atoms with Gasteiger partial charge in [0.05, 0.1) is 6.61 Å². The first-order valence-electron chi connectivity index (χ1n) is 4.44. The first-order valence-corrected chi connectivity index (χ1v) is 4.44. The van der Waals surface area contributed by atoms with Gasteiger partial charge in [-0.2, -0.15) is 0 Å². The highest BCUT2D eigenvalue weighted by Crippen LogP contribution is 2.00. The summed E-state index contributed by atoms with van der Waals surface area (Å²) in [6.07, 6.45) is 1.38. The normalized spacial score (nSPS) is 12.4. The summed E-state index contributed by atoms with van der Waals surface area (Å²) < 4.78 is 5.23. The Morgan fingerprint density at radius 2 is 2.08 bits per heavy atom. The Kier molecular flexibility index (Phi) is 4.19. The lowest BCUT2D eigenvalue weighted by molar-refractivity contribution is -0.117. The Bertz CT molecular complexity index is 244. The van der Waals surface area contributed by atoms with Gasteiger partial charge in [0.15, 0.2) is 0 Å². The molecule has 0 heterocycles. The van der Waals surface area contributed by atoms with Crippen molar-refractivity contribution < 1.29 is 9.53 Å². The molecule has 2 heteroatoms. The Morgan fingerprint density at radius 3 is 2.69 bits per heavy atom. The van der Waals surface area contributed by atoms with Crippen LogP contribution in [0.5, 0.6) is 0 Å². The summed E-state index contributed by atoms with van der Waals surface area (Å²) in [5.41, 5.74) is 1.24. The maximum absolute atomic E-state index is 10.2. The van der Waals surface area contributed by atoms with Crippen molar-refractivity contribution >= 4 is 6.29 Å². The summed E-state index contributed by atoms with van der Waals surface area (Å²) in [5, 5.41) is 0. The van der Waals surface area contributed by atoms with Gasteiger partial charge in [-0.05, 0) is 18.9 Å². The number of carbonyl (C=O) groups excluding carboxylic acids is 1. The third kappa shape index (κ3) is 3.85. The fraction of sp³-hybridized carbons (Fsp3) is 0.364. The summed E-state index contributed by atoms with van der Waals surface area (Å²) in [6.45, 7) is 2.35. The second kappa shape index (κ2) is 5.49. The molecular formula is C11H14O2. The predicted octanol–water partition coefficient (Wildman–Crippen LogP) is 1.83. The van der Waals surface area contributed by atoms with E-state index in [0.717, 1.165) is 12.7 Å². The van der Waals surface area contributed by atoms with Crippen LogP contribution < -0.4 is 0 Å². The van der Waals surface area contributed by atoms with Gasteiger partial charge in [-0.3, -0.25) is 0 Å². The molecule has 0 aromatic heterocycles. The predicted molar refractivity (Wildman–Crippen MR) is 51.6 cm³/mol. The number of ether oxygens (including phenoxy) is 1. The zero-order valence-electron chi connectivity index (χ0n) is 7.77. The Balaban J connectivity index is 2.24. The molecule has 0 aliphatic heterocycles. The first kappa shape index (κ1) is 9.93. The molecule has 0 N–H and O–H groups in total. The van der Waals surface area contributed by atoms with Gasteiger partial charge in [0.25, 0.3) is 0 Å². The Hall–Kier alpha value is -1.15. The van der Waals surface area contributed by atoms with Gasteiger partial charge in [0.2, 0.25) is 0 Å². The van der Waals surface area contributed by atoms with E-state index in [0.29, 0.717) is 6.61 Å². The van der Waals surface area contributed by atoms with Crippen LogP contribution in [0.4, 0.5) is 0 Å². The van der Waals surface area contributed by atoms with Crippen molar-refractivity contribution in [2.75, 3.05) is 6.61 Å². The number of aldehydes is 1. The maximum Gasteiger partial charge on any atom is 0.148 e. The van der Waals surface area contributed by atoms with Crippen molar-refractivity contribution in [2.24, 2.45) is 0 Å². The highest BCUT2D eigenvalue weighted by Gasteiger charge is 1.98. The van der Waals surface area contributed by atoms with Crippen LogP contribution in [0.1, 0.15) is 12.5 Å². The zero-order chi connectivity index (χ0) is 9.52. The van der Waals surface area contributed by atoms with Gasteiger partial charge >= 0.3 is 0 Å².